The molecule has 2 N–H and O–H groups in total. The number of carbonyl (C=O) groups is 1. The maximum atomic E-state index is 14.0. The number of hydrogen-bond donors (Lipinski definition) is 2. The van der Waals surface area contributed by atoms with E-state index in [1.165, 1.54) is 6.20 Å². The maximum absolute atomic E-state index is 14.0. The molecule has 1 aromatic carbocycles. The molecular formula is C26H27F6N5O3S. The Balaban J connectivity index is 1.58. The highest BCUT2D eigenvalue weighted by Gasteiger charge is 2.54. The lowest BCUT2D eigenvalue weighted by Crippen LogP contribution is -2.58. The van der Waals surface area contributed by atoms with Crippen molar-refractivity contribution in [3.63, 3.8) is 0 Å². The summed E-state index contributed by atoms with van der Waals surface area (Å²) in [4.78, 5) is 25.1. The van der Waals surface area contributed by atoms with E-state index in [1.54, 1.807) is 45.9 Å². The van der Waals surface area contributed by atoms with Crippen LogP contribution in [0.25, 0.3) is 10.4 Å². The van der Waals surface area contributed by atoms with E-state index in [0.717, 1.165) is 23.6 Å². The van der Waals surface area contributed by atoms with E-state index in [0.29, 0.717) is 26.6 Å². The van der Waals surface area contributed by atoms with Gasteiger partial charge in [0.05, 0.1) is 4.88 Å². The quantitative estimate of drug-likeness (QED) is 0.316. The van der Waals surface area contributed by atoms with Crippen molar-refractivity contribution in [3.8, 4) is 10.4 Å². The molecule has 0 bridgehead atoms. The average Bonchev–Trinajstić information content (AvgIpc) is 3.33. The Kier molecular flexibility index (Phi) is 7.99. The molecule has 15 heteroatoms. The van der Waals surface area contributed by atoms with Gasteiger partial charge in [0.25, 0.3) is 0 Å². The molecule has 4 rings (SSSR count). The molecule has 1 aliphatic heterocycles. The fourth-order valence-corrected chi connectivity index (χ4v) is 5.38. The van der Waals surface area contributed by atoms with Gasteiger partial charge in [-0.3, -0.25) is 4.90 Å². The van der Waals surface area contributed by atoms with Crippen molar-refractivity contribution in [2.75, 3.05) is 11.9 Å². The number of benzene rings is 1. The molecule has 1 aliphatic rings. The van der Waals surface area contributed by atoms with E-state index in [9.17, 15) is 36.2 Å². The molecule has 0 radical (unpaired) electrons. The van der Waals surface area contributed by atoms with Gasteiger partial charge >= 0.3 is 18.4 Å². The van der Waals surface area contributed by atoms with Crippen LogP contribution in [0.5, 0.6) is 0 Å². The zero-order valence-electron chi connectivity index (χ0n) is 22.4. The smallest absolute Gasteiger partial charge is 0.433 e. The molecule has 0 aliphatic carbocycles. The molecular weight excluding hydrogens is 576 g/mol. The summed E-state index contributed by atoms with van der Waals surface area (Å²) in [7, 11) is 0. The third-order valence-corrected chi connectivity index (χ3v) is 7.39. The number of aromatic nitrogens is 3. The molecule has 222 valence electrons. The van der Waals surface area contributed by atoms with Gasteiger partial charge in [-0.15, -0.1) is 11.3 Å². The van der Waals surface area contributed by atoms with Crippen molar-refractivity contribution in [2.45, 2.75) is 70.1 Å². The number of nitrogens with one attached hydrogen (secondary N) is 1. The molecule has 0 spiro atoms. The highest BCUT2D eigenvalue weighted by molar-refractivity contribution is 7.15. The lowest BCUT2D eigenvalue weighted by atomic mass is 9.86. The first kappa shape index (κ1) is 30.5. The fraction of sp³-hybridized carbons (Fsp3) is 0.462. The minimum Gasteiger partial charge on any atom is -0.444 e. The predicted octanol–water partition coefficient (Wildman–Crippen LogP) is 6.82. The summed E-state index contributed by atoms with van der Waals surface area (Å²) in [5, 5.41) is 14.1. The monoisotopic (exact) mass is 603 g/mol. The Morgan fingerprint density at radius 1 is 1.15 bits per heavy atom. The molecule has 1 amide bonds. The summed E-state index contributed by atoms with van der Waals surface area (Å²) in [6, 6.07) is 3.47. The van der Waals surface area contributed by atoms with Crippen LogP contribution < -0.4 is 5.32 Å². The van der Waals surface area contributed by atoms with E-state index < -0.39 is 54.3 Å². The Hall–Kier alpha value is -3.46. The normalized spacial score (nSPS) is 20.2. The lowest BCUT2D eigenvalue weighted by Gasteiger charge is -2.43. The topological polar surface area (TPSA) is 100 Å². The third-order valence-electron chi connectivity index (χ3n) is 6.15. The minimum atomic E-state index is -4.83. The van der Waals surface area contributed by atoms with Crippen LogP contribution in [0.4, 0.5) is 42.8 Å². The number of ether oxygens (including phenoxy) is 1. The number of halogens is 6. The summed E-state index contributed by atoms with van der Waals surface area (Å²) in [5.74, 6) is -0.273. The van der Waals surface area contributed by atoms with E-state index >= 15 is 0 Å². The molecule has 3 aromatic rings. The molecule has 0 saturated carbocycles. The van der Waals surface area contributed by atoms with Crippen molar-refractivity contribution in [1.82, 2.24) is 19.9 Å². The lowest BCUT2D eigenvalue weighted by molar-refractivity contribution is -0.208. The number of piperidine rings is 1. The summed E-state index contributed by atoms with van der Waals surface area (Å²) in [5.41, 5.74) is -2.43. The second-order valence-corrected chi connectivity index (χ2v) is 11.8. The highest BCUT2D eigenvalue weighted by atomic mass is 32.1. The summed E-state index contributed by atoms with van der Waals surface area (Å²) in [6.07, 6.45) is -9.23. The van der Waals surface area contributed by atoms with Crippen molar-refractivity contribution >= 4 is 29.1 Å². The summed E-state index contributed by atoms with van der Waals surface area (Å²) < 4.78 is 86.3. The van der Waals surface area contributed by atoms with Crippen molar-refractivity contribution in [1.29, 1.82) is 0 Å². The molecule has 1 fully saturated rings. The van der Waals surface area contributed by atoms with Crippen LogP contribution in [0.2, 0.25) is 0 Å². The van der Waals surface area contributed by atoms with Gasteiger partial charge in [0.1, 0.15) is 27.9 Å². The maximum Gasteiger partial charge on any atom is 0.433 e. The Labute approximate surface area is 235 Å². The van der Waals surface area contributed by atoms with E-state index in [-0.39, 0.29) is 17.4 Å². The number of rotatable bonds is 4. The second kappa shape index (κ2) is 10.7. The van der Waals surface area contributed by atoms with Crippen LogP contribution in [-0.2, 0) is 16.5 Å². The van der Waals surface area contributed by atoms with Gasteiger partial charge in [0, 0.05) is 37.5 Å². The zero-order chi connectivity index (χ0) is 30.4. The van der Waals surface area contributed by atoms with E-state index in [4.69, 9.17) is 4.74 Å². The van der Waals surface area contributed by atoms with Gasteiger partial charge < -0.3 is 15.2 Å². The number of aliphatic hydroxyl groups is 1. The first-order valence-electron chi connectivity index (χ1n) is 12.4. The molecule has 2 aromatic heterocycles. The number of thiazole rings is 1. The molecule has 8 nitrogen and oxygen atoms in total. The van der Waals surface area contributed by atoms with Crippen LogP contribution in [-0.4, -0.2) is 55.4 Å². The van der Waals surface area contributed by atoms with Crippen molar-refractivity contribution < 1.29 is 41.0 Å². The molecule has 41 heavy (non-hydrogen) atoms. The van der Waals surface area contributed by atoms with Gasteiger partial charge in [0.2, 0.25) is 5.95 Å². The van der Waals surface area contributed by atoms with Gasteiger partial charge in [-0.1, -0.05) is 6.07 Å². The van der Waals surface area contributed by atoms with Crippen molar-refractivity contribution in [2.24, 2.45) is 0 Å². The number of anilines is 2. The van der Waals surface area contributed by atoms with Gasteiger partial charge in [-0.2, -0.15) is 26.3 Å². The van der Waals surface area contributed by atoms with Gasteiger partial charge in [-0.05, 0) is 57.0 Å². The van der Waals surface area contributed by atoms with Crippen molar-refractivity contribution in [3.05, 3.63) is 52.9 Å². The number of likely N-dealkylation sites (tertiary alicyclic amines) is 1. The Morgan fingerprint density at radius 3 is 2.49 bits per heavy atom. The van der Waals surface area contributed by atoms with E-state index in [1.807, 2.05) is 0 Å². The summed E-state index contributed by atoms with van der Waals surface area (Å²) in [6.45, 7) is 5.98. The largest absolute Gasteiger partial charge is 0.444 e. The third kappa shape index (κ3) is 7.25. The number of amides is 1. The molecule has 3 heterocycles. The van der Waals surface area contributed by atoms with Crippen LogP contribution in [0, 0.1) is 6.92 Å². The molecule has 2 atom stereocenters. The number of alkyl halides is 6. The minimum absolute atomic E-state index is 0.0443. The highest BCUT2D eigenvalue weighted by Crippen LogP contribution is 2.44. The van der Waals surface area contributed by atoms with E-state index in [2.05, 4.69) is 20.3 Å². The van der Waals surface area contributed by atoms with Crippen LogP contribution in [0.1, 0.15) is 49.9 Å². The summed E-state index contributed by atoms with van der Waals surface area (Å²) >= 11 is 0.982. The average molecular weight is 604 g/mol. The number of nitrogens with zero attached hydrogens (tertiary/aromatic N) is 4. The molecule has 2 unspecified atom stereocenters. The van der Waals surface area contributed by atoms with Crippen LogP contribution in [0.3, 0.4) is 0 Å². The second-order valence-electron chi connectivity index (χ2n) is 10.7. The molecule has 1 saturated heterocycles. The number of hydrogen-bond acceptors (Lipinski definition) is 8. The number of carbonyl (C=O) groups excluding carboxylic acids is 1. The first-order chi connectivity index (χ1) is 18.8. The predicted molar refractivity (Wildman–Crippen MR) is 139 cm³/mol. The van der Waals surface area contributed by atoms with Crippen LogP contribution >= 0.6 is 11.3 Å². The Morgan fingerprint density at radius 2 is 1.85 bits per heavy atom. The number of aryl methyl sites for hydroxylation is 1. The van der Waals surface area contributed by atoms with Crippen LogP contribution in [0.15, 0.2) is 36.7 Å². The Bertz CT molecular complexity index is 1420. The first-order valence-corrected chi connectivity index (χ1v) is 13.2. The zero-order valence-corrected chi connectivity index (χ0v) is 23.2. The standard InChI is InChI=1S/C26H27F6N5O3S/c1-14-9-15(11-16(10-14)35-21-33-7-5-18(36-21)25(27,28)29)17-13-34-20(41-17)24(39)6-8-37(19(12-24)26(30,31)32)22(38)40-23(2,3)4/h5,7,9-11,13,19,39H,6,8,12H2,1-4H3,(H,33,35,36). The fourth-order valence-electron chi connectivity index (χ4n) is 4.35. The van der Waals surface area contributed by atoms with Gasteiger partial charge in [0.15, 0.2) is 0 Å². The van der Waals surface area contributed by atoms with Gasteiger partial charge in [-0.25, -0.2) is 19.7 Å². The SMILES string of the molecule is Cc1cc(Nc2nccc(C(F)(F)F)n2)cc(-c2cnc(C3(O)CCN(C(=O)OC(C)(C)C)C(C(F)(F)F)C3)s2)c1.